The lowest BCUT2D eigenvalue weighted by atomic mass is 9.91. The highest BCUT2D eigenvalue weighted by atomic mass is 16.7. The molecule has 3 heteroatoms. The molecule has 3 nitrogen and oxygen atoms in total. The molecular weight excluding hydrogens is 180 g/mol. The summed E-state index contributed by atoms with van der Waals surface area (Å²) in [4.78, 5) is 0. The quantitative estimate of drug-likeness (QED) is 0.698. The van der Waals surface area contributed by atoms with Crippen LogP contribution in [0.5, 0.6) is 0 Å². The third kappa shape index (κ3) is 1.58. The van der Waals surface area contributed by atoms with Crippen molar-refractivity contribution >= 4 is 0 Å². The van der Waals surface area contributed by atoms with E-state index in [0.717, 1.165) is 12.8 Å². The zero-order chi connectivity index (χ0) is 10.4. The molecule has 2 fully saturated rings. The summed E-state index contributed by atoms with van der Waals surface area (Å²) in [5.41, 5.74) is 0.295. The van der Waals surface area contributed by atoms with Crippen molar-refractivity contribution in [3.05, 3.63) is 0 Å². The van der Waals surface area contributed by atoms with Gasteiger partial charge in [0, 0.05) is 12.3 Å². The maximum atomic E-state index is 9.02. The molecule has 2 aliphatic rings. The highest BCUT2D eigenvalue weighted by Crippen LogP contribution is 2.52. The number of hydrogen-bond acceptors (Lipinski definition) is 3. The van der Waals surface area contributed by atoms with Crippen LogP contribution in [0.1, 0.15) is 33.6 Å². The maximum absolute atomic E-state index is 9.02. The van der Waals surface area contributed by atoms with Crippen LogP contribution in [0.4, 0.5) is 0 Å². The molecule has 1 spiro atoms. The monoisotopic (exact) mass is 200 g/mol. The van der Waals surface area contributed by atoms with Gasteiger partial charge in [0.05, 0.1) is 13.2 Å². The molecule has 3 atom stereocenters. The Kier molecular flexibility index (Phi) is 2.37. The summed E-state index contributed by atoms with van der Waals surface area (Å²) in [6, 6.07) is 0. The van der Waals surface area contributed by atoms with Crippen molar-refractivity contribution in [2.75, 3.05) is 13.2 Å². The molecule has 3 unspecified atom stereocenters. The number of aliphatic hydroxyl groups excluding tert-OH is 1. The van der Waals surface area contributed by atoms with Crippen molar-refractivity contribution in [1.82, 2.24) is 0 Å². The minimum absolute atomic E-state index is 0.0644. The van der Waals surface area contributed by atoms with E-state index in [9.17, 15) is 0 Å². The van der Waals surface area contributed by atoms with E-state index in [4.69, 9.17) is 14.6 Å². The molecule has 0 aromatic rings. The summed E-state index contributed by atoms with van der Waals surface area (Å²) in [5, 5.41) is 9.02. The second-order valence-corrected chi connectivity index (χ2v) is 5.49. The Balaban J connectivity index is 2.11. The molecule has 82 valence electrons. The van der Waals surface area contributed by atoms with Gasteiger partial charge in [-0.15, -0.1) is 0 Å². The van der Waals surface area contributed by atoms with Gasteiger partial charge in [-0.05, 0) is 11.8 Å². The first kappa shape index (κ1) is 10.4. The van der Waals surface area contributed by atoms with E-state index < -0.39 is 5.79 Å². The summed E-state index contributed by atoms with van der Waals surface area (Å²) in [6.07, 6.45) is 1.95. The molecule has 1 aliphatic carbocycles. The number of hydrogen-bond donors (Lipinski definition) is 1. The van der Waals surface area contributed by atoms with E-state index in [0.29, 0.717) is 17.9 Å². The Bertz CT molecular complexity index is 227. The molecular formula is C11H20O3. The number of rotatable bonds is 1. The predicted molar refractivity (Wildman–Crippen MR) is 52.8 cm³/mol. The highest BCUT2D eigenvalue weighted by Gasteiger charge is 2.54. The van der Waals surface area contributed by atoms with Crippen molar-refractivity contribution in [3.8, 4) is 0 Å². The van der Waals surface area contributed by atoms with Gasteiger partial charge in [-0.2, -0.15) is 0 Å². The first-order valence-corrected chi connectivity index (χ1v) is 5.40. The minimum atomic E-state index is -0.406. The van der Waals surface area contributed by atoms with Crippen molar-refractivity contribution in [1.29, 1.82) is 0 Å². The summed E-state index contributed by atoms with van der Waals surface area (Å²) < 4.78 is 11.6. The van der Waals surface area contributed by atoms with Crippen LogP contribution in [0.3, 0.4) is 0 Å². The number of ether oxygens (including phenoxy) is 2. The van der Waals surface area contributed by atoms with Crippen LogP contribution in [-0.4, -0.2) is 30.2 Å². The van der Waals surface area contributed by atoms with E-state index >= 15 is 0 Å². The molecule has 14 heavy (non-hydrogen) atoms. The van der Waals surface area contributed by atoms with Crippen LogP contribution < -0.4 is 0 Å². The summed E-state index contributed by atoms with van der Waals surface area (Å²) in [5.74, 6) is 0.0192. The number of aliphatic hydroxyl groups is 1. The van der Waals surface area contributed by atoms with Gasteiger partial charge >= 0.3 is 0 Å². The van der Waals surface area contributed by atoms with E-state index in [1.165, 1.54) is 0 Å². The van der Waals surface area contributed by atoms with Crippen molar-refractivity contribution < 1.29 is 14.6 Å². The molecule has 1 heterocycles. The first-order valence-electron chi connectivity index (χ1n) is 5.40. The lowest BCUT2D eigenvalue weighted by Gasteiger charge is -2.28. The fraction of sp³-hybridized carbons (Fsp3) is 1.00. The van der Waals surface area contributed by atoms with Crippen LogP contribution in [0.2, 0.25) is 0 Å². The van der Waals surface area contributed by atoms with Crippen LogP contribution in [0.15, 0.2) is 0 Å². The molecule has 0 aromatic carbocycles. The SMILES string of the molecule is CC1CC(C)(C)CC12OCC(CO)O2. The van der Waals surface area contributed by atoms with E-state index in [1.807, 2.05) is 0 Å². The standard InChI is InChI=1S/C11H20O3/c1-8-4-10(2,3)7-11(8)13-6-9(5-12)14-11/h8-9,12H,4-7H2,1-3H3. The smallest absolute Gasteiger partial charge is 0.172 e. The third-order valence-corrected chi connectivity index (χ3v) is 3.42. The van der Waals surface area contributed by atoms with Crippen LogP contribution in [-0.2, 0) is 9.47 Å². The minimum Gasteiger partial charge on any atom is -0.394 e. The van der Waals surface area contributed by atoms with Gasteiger partial charge in [-0.1, -0.05) is 20.8 Å². The van der Waals surface area contributed by atoms with Gasteiger partial charge in [0.1, 0.15) is 6.10 Å². The molecule has 2 rings (SSSR count). The highest BCUT2D eigenvalue weighted by molar-refractivity contribution is 4.97. The van der Waals surface area contributed by atoms with Gasteiger partial charge in [0.2, 0.25) is 0 Å². The predicted octanol–water partition coefficient (Wildman–Crippen LogP) is 1.55. The van der Waals surface area contributed by atoms with Gasteiger partial charge in [0.25, 0.3) is 0 Å². The van der Waals surface area contributed by atoms with E-state index in [2.05, 4.69) is 20.8 Å². The Morgan fingerprint density at radius 3 is 2.57 bits per heavy atom. The summed E-state index contributed by atoms with van der Waals surface area (Å²) in [7, 11) is 0. The lowest BCUT2D eigenvalue weighted by molar-refractivity contribution is -0.193. The molecule has 1 saturated carbocycles. The fourth-order valence-electron chi connectivity index (χ4n) is 2.92. The summed E-state index contributed by atoms with van der Waals surface area (Å²) in [6.45, 7) is 7.27. The Hall–Kier alpha value is -0.120. The maximum Gasteiger partial charge on any atom is 0.172 e. The third-order valence-electron chi connectivity index (χ3n) is 3.42. The zero-order valence-corrected chi connectivity index (χ0v) is 9.25. The largest absolute Gasteiger partial charge is 0.394 e. The first-order chi connectivity index (χ1) is 6.47. The average molecular weight is 200 g/mol. The molecule has 0 amide bonds. The molecule has 0 aromatic heterocycles. The van der Waals surface area contributed by atoms with Crippen molar-refractivity contribution in [2.45, 2.75) is 45.5 Å². The topological polar surface area (TPSA) is 38.7 Å². The molecule has 0 radical (unpaired) electrons. The Morgan fingerprint density at radius 2 is 2.14 bits per heavy atom. The Labute approximate surface area is 85.4 Å². The molecule has 1 saturated heterocycles. The molecule has 1 aliphatic heterocycles. The van der Waals surface area contributed by atoms with Gasteiger partial charge in [0.15, 0.2) is 5.79 Å². The van der Waals surface area contributed by atoms with Gasteiger partial charge in [-0.3, -0.25) is 0 Å². The Morgan fingerprint density at radius 1 is 1.43 bits per heavy atom. The second-order valence-electron chi connectivity index (χ2n) is 5.49. The normalized spacial score (nSPS) is 46.3. The van der Waals surface area contributed by atoms with Crippen LogP contribution in [0.25, 0.3) is 0 Å². The molecule has 0 bridgehead atoms. The van der Waals surface area contributed by atoms with Crippen molar-refractivity contribution in [2.24, 2.45) is 11.3 Å². The van der Waals surface area contributed by atoms with Gasteiger partial charge in [-0.25, -0.2) is 0 Å². The van der Waals surface area contributed by atoms with Crippen LogP contribution in [0, 0.1) is 11.3 Å². The van der Waals surface area contributed by atoms with E-state index in [1.54, 1.807) is 0 Å². The van der Waals surface area contributed by atoms with Gasteiger partial charge < -0.3 is 14.6 Å². The van der Waals surface area contributed by atoms with Crippen molar-refractivity contribution in [3.63, 3.8) is 0 Å². The fourth-order valence-corrected chi connectivity index (χ4v) is 2.92. The van der Waals surface area contributed by atoms with E-state index in [-0.39, 0.29) is 12.7 Å². The average Bonchev–Trinajstić information content (AvgIpc) is 2.56. The lowest BCUT2D eigenvalue weighted by Crippen LogP contribution is -2.34. The van der Waals surface area contributed by atoms with Crippen LogP contribution >= 0.6 is 0 Å². The zero-order valence-electron chi connectivity index (χ0n) is 9.25. The molecule has 1 N–H and O–H groups in total. The second kappa shape index (κ2) is 3.19. The summed E-state index contributed by atoms with van der Waals surface area (Å²) >= 11 is 0.